The number of carbonyl (C=O) groups is 2. The number of carbonyl (C=O) groups excluding carboxylic acids is 2. The van der Waals surface area contributed by atoms with Gasteiger partial charge in [-0.25, -0.2) is 9.37 Å². The number of thiazole rings is 1. The number of benzene rings is 1. The van der Waals surface area contributed by atoms with E-state index in [1.165, 1.54) is 23.5 Å². The molecule has 0 atom stereocenters. The molecule has 5 nitrogen and oxygen atoms in total. The summed E-state index contributed by atoms with van der Waals surface area (Å²) in [6.07, 6.45) is 0. The lowest BCUT2D eigenvalue weighted by molar-refractivity contribution is -0.120. The Balaban J connectivity index is 2.00. The molecule has 1 aromatic heterocycles. The molecule has 0 aliphatic rings. The molecule has 2 rings (SSSR count). The molecule has 1 heterocycles. The molecule has 0 spiro atoms. The SMILES string of the molecule is CCNC(=O)CNC(=O)c1csc(-c2ccc(F)cc2)n1. The zero-order valence-corrected chi connectivity index (χ0v) is 12.2. The van der Waals surface area contributed by atoms with Gasteiger partial charge >= 0.3 is 0 Å². The van der Waals surface area contributed by atoms with E-state index in [1.54, 1.807) is 24.4 Å². The van der Waals surface area contributed by atoms with Gasteiger partial charge in [0, 0.05) is 17.5 Å². The number of nitrogens with zero attached hydrogens (tertiary/aromatic N) is 1. The number of hydrogen-bond donors (Lipinski definition) is 2. The minimum Gasteiger partial charge on any atom is -0.355 e. The summed E-state index contributed by atoms with van der Waals surface area (Å²) in [6, 6.07) is 5.88. The highest BCUT2D eigenvalue weighted by atomic mass is 32.1. The van der Waals surface area contributed by atoms with Gasteiger partial charge in [-0.05, 0) is 31.2 Å². The van der Waals surface area contributed by atoms with E-state index in [2.05, 4.69) is 15.6 Å². The van der Waals surface area contributed by atoms with Gasteiger partial charge in [0.2, 0.25) is 5.91 Å². The number of hydrogen-bond acceptors (Lipinski definition) is 4. The van der Waals surface area contributed by atoms with Crippen LogP contribution in [0.1, 0.15) is 17.4 Å². The lowest BCUT2D eigenvalue weighted by atomic mass is 10.2. The first kappa shape index (κ1) is 15.1. The van der Waals surface area contributed by atoms with Crippen molar-refractivity contribution < 1.29 is 14.0 Å². The van der Waals surface area contributed by atoms with Gasteiger partial charge in [0.15, 0.2) is 0 Å². The summed E-state index contributed by atoms with van der Waals surface area (Å²) in [5.41, 5.74) is 0.979. The fraction of sp³-hybridized carbons (Fsp3) is 0.214. The molecule has 110 valence electrons. The zero-order chi connectivity index (χ0) is 15.2. The first-order chi connectivity index (χ1) is 10.1. The average Bonchev–Trinajstić information content (AvgIpc) is 2.96. The van der Waals surface area contributed by atoms with Gasteiger partial charge in [0.1, 0.15) is 16.5 Å². The normalized spacial score (nSPS) is 10.2. The zero-order valence-electron chi connectivity index (χ0n) is 11.4. The van der Waals surface area contributed by atoms with Crippen molar-refractivity contribution in [3.63, 3.8) is 0 Å². The van der Waals surface area contributed by atoms with Crippen LogP contribution in [0.3, 0.4) is 0 Å². The molecular weight excluding hydrogens is 293 g/mol. The van der Waals surface area contributed by atoms with Crippen molar-refractivity contribution in [2.75, 3.05) is 13.1 Å². The van der Waals surface area contributed by atoms with Gasteiger partial charge in [0.25, 0.3) is 5.91 Å². The van der Waals surface area contributed by atoms with Crippen LogP contribution < -0.4 is 10.6 Å². The van der Waals surface area contributed by atoms with E-state index in [0.29, 0.717) is 11.6 Å². The summed E-state index contributed by atoms with van der Waals surface area (Å²) < 4.78 is 12.9. The van der Waals surface area contributed by atoms with Crippen LogP contribution in [-0.2, 0) is 4.79 Å². The highest BCUT2D eigenvalue weighted by Crippen LogP contribution is 2.23. The fourth-order valence-corrected chi connectivity index (χ4v) is 2.42. The van der Waals surface area contributed by atoms with E-state index in [-0.39, 0.29) is 24.0 Å². The van der Waals surface area contributed by atoms with Crippen molar-refractivity contribution in [2.24, 2.45) is 0 Å². The molecule has 2 N–H and O–H groups in total. The molecule has 0 saturated heterocycles. The maximum Gasteiger partial charge on any atom is 0.271 e. The molecule has 21 heavy (non-hydrogen) atoms. The lowest BCUT2D eigenvalue weighted by Gasteiger charge is -2.03. The Kier molecular flexibility index (Phi) is 4.99. The highest BCUT2D eigenvalue weighted by molar-refractivity contribution is 7.13. The Morgan fingerprint density at radius 3 is 2.62 bits per heavy atom. The average molecular weight is 307 g/mol. The maximum atomic E-state index is 12.9. The molecule has 0 aliphatic heterocycles. The van der Waals surface area contributed by atoms with E-state index in [1.807, 2.05) is 0 Å². The Morgan fingerprint density at radius 2 is 1.95 bits per heavy atom. The number of aromatic nitrogens is 1. The molecule has 7 heteroatoms. The first-order valence-electron chi connectivity index (χ1n) is 6.36. The van der Waals surface area contributed by atoms with Crippen molar-refractivity contribution in [1.29, 1.82) is 0 Å². The summed E-state index contributed by atoms with van der Waals surface area (Å²) in [5.74, 6) is -0.985. The Morgan fingerprint density at radius 1 is 1.24 bits per heavy atom. The number of nitrogens with one attached hydrogen (secondary N) is 2. The molecule has 2 amide bonds. The molecule has 0 saturated carbocycles. The highest BCUT2D eigenvalue weighted by Gasteiger charge is 2.12. The monoisotopic (exact) mass is 307 g/mol. The smallest absolute Gasteiger partial charge is 0.271 e. The van der Waals surface area contributed by atoms with Crippen LogP contribution in [0.5, 0.6) is 0 Å². The molecule has 0 bridgehead atoms. The largest absolute Gasteiger partial charge is 0.355 e. The summed E-state index contributed by atoms with van der Waals surface area (Å²) in [6.45, 7) is 2.23. The second kappa shape index (κ2) is 6.94. The number of halogens is 1. The summed E-state index contributed by atoms with van der Waals surface area (Å²) >= 11 is 1.29. The van der Waals surface area contributed by atoms with Crippen LogP contribution in [0.4, 0.5) is 4.39 Å². The Hall–Kier alpha value is -2.28. The van der Waals surface area contributed by atoms with Crippen LogP contribution in [0.2, 0.25) is 0 Å². The summed E-state index contributed by atoms with van der Waals surface area (Å²) in [4.78, 5) is 27.3. The predicted molar refractivity (Wildman–Crippen MR) is 78.5 cm³/mol. The van der Waals surface area contributed by atoms with Gasteiger partial charge in [0.05, 0.1) is 6.54 Å². The number of rotatable bonds is 5. The Bertz CT molecular complexity index is 640. The van der Waals surface area contributed by atoms with Crippen LogP contribution >= 0.6 is 11.3 Å². The van der Waals surface area contributed by atoms with Gasteiger partial charge in [-0.2, -0.15) is 0 Å². The van der Waals surface area contributed by atoms with E-state index in [0.717, 1.165) is 5.56 Å². The topological polar surface area (TPSA) is 71.1 Å². The molecule has 0 aliphatic carbocycles. The van der Waals surface area contributed by atoms with Crippen molar-refractivity contribution >= 4 is 23.2 Å². The van der Waals surface area contributed by atoms with Crippen LogP contribution in [0.25, 0.3) is 10.6 Å². The third kappa shape index (κ3) is 4.09. The lowest BCUT2D eigenvalue weighted by Crippen LogP contribution is -2.36. The standard InChI is InChI=1S/C14H14FN3O2S/c1-2-16-12(19)7-17-13(20)11-8-21-14(18-11)9-3-5-10(15)6-4-9/h3-6,8H,2,7H2,1H3,(H,16,19)(H,17,20). The molecular formula is C14H14FN3O2S. The van der Waals surface area contributed by atoms with Gasteiger partial charge in [-0.15, -0.1) is 11.3 Å². The van der Waals surface area contributed by atoms with E-state index >= 15 is 0 Å². The molecule has 2 aromatic rings. The van der Waals surface area contributed by atoms with Gasteiger partial charge in [-0.3, -0.25) is 9.59 Å². The molecule has 0 unspecified atom stereocenters. The van der Waals surface area contributed by atoms with Crippen molar-refractivity contribution in [2.45, 2.75) is 6.92 Å². The second-order valence-corrected chi connectivity index (χ2v) is 5.04. The molecule has 1 aromatic carbocycles. The molecule has 0 fully saturated rings. The minimum atomic E-state index is -0.411. The maximum absolute atomic E-state index is 12.9. The van der Waals surface area contributed by atoms with E-state index < -0.39 is 5.91 Å². The van der Waals surface area contributed by atoms with E-state index in [9.17, 15) is 14.0 Å². The quantitative estimate of drug-likeness (QED) is 0.885. The number of likely N-dealkylation sites (N-methyl/N-ethyl adjacent to an activating group) is 1. The van der Waals surface area contributed by atoms with Crippen molar-refractivity contribution in [3.05, 3.63) is 41.2 Å². The van der Waals surface area contributed by atoms with Crippen molar-refractivity contribution in [1.82, 2.24) is 15.6 Å². The van der Waals surface area contributed by atoms with Crippen LogP contribution in [-0.4, -0.2) is 29.9 Å². The Labute approximate surface area is 125 Å². The predicted octanol–water partition coefficient (Wildman–Crippen LogP) is 1.82. The third-order valence-corrected chi connectivity index (χ3v) is 3.50. The second-order valence-electron chi connectivity index (χ2n) is 4.18. The fourth-order valence-electron chi connectivity index (χ4n) is 1.61. The van der Waals surface area contributed by atoms with Crippen LogP contribution in [0, 0.1) is 5.82 Å². The van der Waals surface area contributed by atoms with Crippen molar-refractivity contribution in [3.8, 4) is 10.6 Å². The minimum absolute atomic E-state index is 0.0872. The molecule has 0 radical (unpaired) electrons. The number of amides is 2. The van der Waals surface area contributed by atoms with E-state index in [4.69, 9.17) is 0 Å². The summed E-state index contributed by atoms with van der Waals surface area (Å²) in [5, 5.41) is 7.30. The summed E-state index contributed by atoms with van der Waals surface area (Å²) in [7, 11) is 0. The van der Waals surface area contributed by atoms with Crippen LogP contribution in [0.15, 0.2) is 29.6 Å². The van der Waals surface area contributed by atoms with Gasteiger partial charge in [-0.1, -0.05) is 0 Å². The first-order valence-corrected chi connectivity index (χ1v) is 7.24. The third-order valence-electron chi connectivity index (χ3n) is 2.61. The van der Waals surface area contributed by atoms with Gasteiger partial charge < -0.3 is 10.6 Å².